The summed E-state index contributed by atoms with van der Waals surface area (Å²) >= 11 is 0. The molecule has 0 aliphatic rings. The first-order chi connectivity index (χ1) is 24.2. The van der Waals surface area contributed by atoms with Crippen LogP contribution < -0.4 is 15.6 Å². The molecule has 52 heavy (non-hydrogen) atoms. The highest BCUT2D eigenvalue weighted by Gasteiger charge is 2.46. The Morgan fingerprint density at radius 2 is 0.538 bits per heavy atom. The lowest BCUT2D eigenvalue weighted by Crippen LogP contribution is -2.55. The minimum Gasteiger partial charge on any atom is -0.286 e. The quantitative estimate of drug-likeness (QED) is 0.121. The summed E-state index contributed by atoms with van der Waals surface area (Å²) in [6.07, 6.45) is 6.71. The highest BCUT2D eigenvalue weighted by atomic mass is 28.3. The summed E-state index contributed by atoms with van der Waals surface area (Å²) in [6, 6.07) is 14.2. The molecule has 3 aromatic heterocycles. The van der Waals surface area contributed by atoms with Gasteiger partial charge in [0.1, 0.15) is 0 Å². The average Bonchev–Trinajstić information content (AvgIpc) is 3.02. The zero-order valence-corrected chi connectivity index (χ0v) is 39.8. The van der Waals surface area contributed by atoms with Gasteiger partial charge >= 0.3 is 0 Å². The predicted molar refractivity (Wildman–Crippen MR) is 238 cm³/mol. The van der Waals surface area contributed by atoms with E-state index in [0.717, 1.165) is 36.7 Å². The van der Waals surface area contributed by atoms with E-state index in [9.17, 15) is 0 Å². The van der Waals surface area contributed by atoms with Crippen molar-refractivity contribution in [3.05, 3.63) is 72.1 Å². The van der Waals surface area contributed by atoms with Crippen LogP contribution in [-0.4, -0.2) is 44.1 Å². The largest absolute Gasteiger partial charge is 0.286 e. The van der Waals surface area contributed by atoms with Gasteiger partial charge in [0.15, 0.2) is 0 Å². The standard InChI is InChI=1S/C45H78N4Si3/c1-31(2)50(32(3)4,33(5)6)43-22-19-40(46-25-43)28-49(29-41-20-23-44(26-47-41)51(34(7)8,35(9)10)36(11)12)30-42-21-24-45(27-48-42)52(37(13)14,38(15)16)39(17)18/h19-27,31-39H,28-30H2,1-18H3. The van der Waals surface area contributed by atoms with Gasteiger partial charge in [-0.3, -0.25) is 19.9 Å². The maximum absolute atomic E-state index is 5.19. The van der Waals surface area contributed by atoms with Crippen molar-refractivity contribution < 1.29 is 0 Å². The Labute approximate surface area is 324 Å². The Kier molecular flexibility index (Phi) is 15.5. The summed E-state index contributed by atoms with van der Waals surface area (Å²) in [5.74, 6) is 0. The van der Waals surface area contributed by atoms with Crippen molar-refractivity contribution in [2.75, 3.05) is 0 Å². The minimum absolute atomic E-state index is 0.660. The molecule has 3 rings (SSSR count). The second-order valence-electron chi connectivity index (χ2n) is 19.0. The monoisotopic (exact) mass is 759 g/mol. The molecule has 0 bridgehead atoms. The van der Waals surface area contributed by atoms with Crippen molar-refractivity contribution >= 4 is 39.8 Å². The summed E-state index contributed by atoms with van der Waals surface area (Å²) < 4.78 is 0. The Morgan fingerprint density at radius 1 is 0.346 bits per heavy atom. The van der Waals surface area contributed by atoms with Crippen molar-refractivity contribution in [1.82, 2.24) is 19.9 Å². The number of aromatic nitrogens is 3. The van der Waals surface area contributed by atoms with E-state index >= 15 is 0 Å². The van der Waals surface area contributed by atoms with E-state index in [2.05, 4.69) is 185 Å². The first-order valence-electron chi connectivity index (χ1n) is 20.8. The zero-order chi connectivity index (χ0) is 39.3. The lowest BCUT2D eigenvalue weighted by molar-refractivity contribution is 0.239. The topological polar surface area (TPSA) is 41.9 Å². The third-order valence-electron chi connectivity index (χ3n) is 13.7. The maximum atomic E-state index is 5.19. The van der Waals surface area contributed by atoms with Crippen LogP contribution in [-0.2, 0) is 19.6 Å². The average molecular weight is 759 g/mol. The third-order valence-corrected chi connectivity index (χ3v) is 34.8. The van der Waals surface area contributed by atoms with Crippen LogP contribution in [0.25, 0.3) is 0 Å². The molecule has 0 N–H and O–H groups in total. The first kappa shape index (κ1) is 44.5. The maximum Gasteiger partial charge on any atom is 0.0962 e. The van der Waals surface area contributed by atoms with Crippen LogP contribution in [0.3, 0.4) is 0 Å². The van der Waals surface area contributed by atoms with Crippen LogP contribution in [0.1, 0.15) is 142 Å². The van der Waals surface area contributed by atoms with Gasteiger partial charge in [0.25, 0.3) is 0 Å². The highest BCUT2D eigenvalue weighted by Crippen LogP contribution is 2.43. The molecule has 0 saturated carbocycles. The van der Waals surface area contributed by atoms with E-state index in [4.69, 9.17) is 15.0 Å². The molecule has 0 amide bonds. The fourth-order valence-corrected chi connectivity index (χ4v) is 32.2. The summed E-state index contributed by atoms with van der Waals surface area (Å²) in [4.78, 5) is 18.1. The lowest BCUT2D eigenvalue weighted by Gasteiger charge is -2.43. The Bertz CT molecular complexity index is 1260. The van der Waals surface area contributed by atoms with Crippen molar-refractivity contribution in [1.29, 1.82) is 0 Å². The first-order valence-corrected chi connectivity index (χ1v) is 27.5. The molecule has 0 aliphatic heterocycles. The van der Waals surface area contributed by atoms with Gasteiger partial charge in [0.2, 0.25) is 0 Å². The lowest BCUT2D eigenvalue weighted by atomic mass is 10.2. The van der Waals surface area contributed by atoms with E-state index in [1.165, 1.54) is 15.6 Å². The fraction of sp³-hybridized carbons (Fsp3) is 0.667. The van der Waals surface area contributed by atoms with E-state index < -0.39 is 24.2 Å². The molecule has 0 spiro atoms. The molecular weight excluding hydrogens is 681 g/mol. The van der Waals surface area contributed by atoms with Crippen LogP contribution in [0, 0.1) is 0 Å². The number of hydrogen-bond acceptors (Lipinski definition) is 4. The SMILES string of the molecule is CC(C)[Si](c1ccc(CN(Cc2ccc([Si](C(C)C)(C(C)C)C(C)C)cn2)Cc2ccc([Si](C(C)C)(C(C)C)C(C)C)cn2)nc1)(C(C)C)C(C)C. The predicted octanol–water partition coefficient (Wildman–Crippen LogP) is 11.7. The van der Waals surface area contributed by atoms with Crippen molar-refractivity contribution in [3.8, 4) is 0 Å². The highest BCUT2D eigenvalue weighted by molar-refractivity contribution is 6.96. The van der Waals surface area contributed by atoms with Gasteiger partial charge in [-0.1, -0.05) is 143 Å². The van der Waals surface area contributed by atoms with Gasteiger partial charge in [-0.05, 0) is 83.6 Å². The van der Waals surface area contributed by atoms with E-state index in [1.807, 2.05) is 0 Å². The van der Waals surface area contributed by atoms with Crippen LogP contribution in [0.2, 0.25) is 49.9 Å². The molecule has 0 aliphatic carbocycles. The van der Waals surface area contributed by atoms with Crippen LogP contribution in [0.15, 0.2) is 55.0 Å². The van der Waals surface area contributed by atoms with Gasteiger partial charge in [-0.2, -0.15) is 0 Å². The molecule has 0 atom stereocenters. The van der Waals surface area contributed by atoms with Crippen molar-refractivity contribution in [2.24, 2.45) is 0 Å². The number of pyridine rings is 3. The van der Waals surface area contributed by atoms with E-state index in [1.54, 1.807) is 0 Å². The van der Waals surface area contributed by atoms with Crippen molar-refractivity contribution in [2.45, 2.75) is 194 Å². The zero-order valence-electron chi connectivity index (χ0n) is 36.8. The number of rotatable bonds is 18. The van der Waals surface area contributed by atoms with Gasteiger partial charge in [-0.15, -0.1) is 0 Å². The van der Waals surface area contributed by atoms with Gasteiger partial charge < -0.3 is 0 Å². The smallest absolute Gasteiger partial charge is 0.0962 e. The molecule has 3 heterocycles. The second-order valence-corrected chi connectivity index (χ2v) is 36.7. The molecule has 0 saturated heterocycles. The second kappa shape index (κ2) is 18.1. The third kappa shape index (κ3) is 8.48. The normalized spacial score (nSPS) is 13.6. The minimum atomic E-state index is -1.77. The summed E-state index contributed by atoms with van der Waals surface area (Å²) in [5.41, 5.74) is 9.29. The Balaban J connectivity index is 2.04. The molecule has 0 radical (unpaired) electrons. The number of nitrogens with zero attached hydrogens (tertiary/aromatic N) is 4. The fourth-order valence-electron chi connectivity index (χ4n) is 12.2. The molecule has 0 fully saturated rings. The van der Waals surface area contributed by atoms with Crippen LogP contribution >= 0.6 is 0 Å². The Hall–Kier alpha value is -1.94. The molecule has 0 unspecified atom stereocenters. The van der Waals surface area contributed by atoms with Gasteiger partial charge in [0, 0.05) is 38.2 Å². The number of hydrogen-bond donors (Lipinski definition) is 0. The molecule has 3 aromatic rings. The molecular formula is C45H78N4Si3. The molecule has 7 heteroatoms. The Morgan fingerprint density at radius 3 is 0.673 bits per heavy atom. The van der Waals surface area contributed by atoms with Gasteiger partial charge in [-0.25, -0.2) is 0 Å². The van der Waals surface area contributed by atoms with E-state index in [-0.39, 0.29) is 0 Å². The van der Waals surface area contributed by atoms with Crippen LogP contribution in [0.4, 0.5) is 0 Å². The van der Waals surface area contributed by atoms with Crippen LogP contribution in [0.5, 0.6) is 0 Å². The van der Waals surface area contributed by atoms with E-state index in [0.29, 0.717) is 49.9 Å². The summed E-state index contributed by atoms with van der Waals surface area (Å²) in [6.45, 7) is 46.1. The van der Waals surface area contributed by atoms with Crippen molar-refractivity contribution in [3.63, 3.8) is 0 Å². The molecule has 0 aromatic carbocycles. The summed E-state index contributed by atoms with van der Waals surface area (Å²) in [7, 11) is -5.31. The van der Waals surface area contributed by atoms with Gasteiger partial charge in [0.05, 0.1) is 41.3 Å². The molecule has 290 valence electrons. The molecule has 4 nitrogen and oxygen atoms in total. The summed E-state index contributed by atoms with van der Waals surface area (Å²) in [5, 5.41) is 4.50.